The number of nitrogens with one attached hydrogen (secondary N) is 3. The highest BCUT2D eigenvalue weighted by Crippen LogP contribution is 2.19. The van der Waals surface area contributed by atoms with Crippen LogP contribution in [-0.2, 0) is 9.59 Å². The molecule has 0 aliphatic carbocycles. The monoisotopic (exact) mass is 461 g/mol. The van der Waals surface area contributed by atoms with Crippen LogP contribution < -0.4 is 10.6 Å². The van der Waals surface area contributed by atoms with Crippen LogP contribution in [0.4, 0.5) is 5.69 Å². The number of aryl methyl sites for hydroxylation is 2. The standard InChI is InChI=1S/C26H31N5O3/c1-17-7-6-8-18(2)24(17)29-23(32)16-27-25(33)19(3)30-11-13-31(14-12-30)26(34)22-15-20-9-4-5-10-21(20)28-22/h4-10,15,19,28H,11-14,16H2,1-3H3,(H,27,33)(H,29,32). The number of nitrogens with zero attached hydrogens (tertiary/aromatic N) is 2. The van der Waals surface area contributed by atoms with Crippen LogP contribution in [-0.4, -0.2) is 71.3 Å². The lowest BCUT2D eigenvalue weighted by Crippen LogP contribution is -2.55. The maximum Gasteiger partial charge on any atom is 0.270 e. The van der Waals surface area contributed by atoms with E-state index in [4.69, 9.17) is 0 Å². The van der Waals surface area contributed by atoms with Crippen LogP contribution in [0, 0.1) is 13.8 Å². The van der Waals surface area contributed by atoms with Gasteiger partial charge in [-0.2, -0.15) is 0 Å². The number of benzene rings is 2. The van der Waals surface area contributed by atoms with E-state index < -0.39 is 6.04 Å². The summed E-state index contributed by atoms with van der Waals surface area (Å²) in [6, 6.07) is 15.1. The van der Waals surface area contributed by atoms with Gasteiger partial charge in [0.1, 0.15) is 5.69 Å². The molecule has 1 fully saturated rings. The molecule has 1 unspecified atom stereocenters. The Hall–Kier alpha value is -3.65. The van der Waals surface area contributed by atoms with Gasteiger partial charge in [0.15, 0.2) is 0 Å². The van der Waals surface area contributed by atoms with Gasteiger partial charge in [0, 0.05) is 42.8 Å². The number of fused-ring (bicyclic) bond motifs is 1. The van der Waals surface area contributed by atoms with Crippen LogP contribution in [0.1, 0.15) is 28.5 Å². The molecule has 178 valence electrons. The molecule has 34 heavy (non-hydrogen) atoms. The normalized spacial score (nSPS) is 15.2. The fourth-order valence-corrected chi connectivity index (χ4v) is 4.35. The summed E-state index contributed by atoms with van der Waals surface area (Å²) in [6.45, 7) is 7.88. The highest BCUT2D eigenvalue weighted by Gasteiger charge is 2.28. The number of H-pyrrole nitrogens is 1. The minimum Gasteiger partial charge on any atom is -0.351 e. The average Bonchev–Trinajstić information content (AvgIpc) is 3.28. The number of amides is 3. The van der Waals surface area contributed by atoms with E-state index in [2.05, 4.69) is 15.6 Å². The van der Waals surface area contributed by atoms with Crippen molar-refractivity contribution in [1.82, 2.24) is 20.1 Å². The number of carbonyl (C=O) groups is 3. The van der Waals surface area contributed by atoms with Crippen molar-refractivity contribution in [2.75, 3.05) is 38.0 Å². The molecule has 3 amide bonds. The number of hydrogen-bond acceptors (Lipinski definition) is 4. The molecule has 3 N–H and O–H groups in total. The zero-order chi connectivity index (χ0) is 24.2. The Morgan fingerprint density at radius 3 is 2.32 bits per heavy atom. The number of rotatable bonds is 6. The quantitative estimate of drug-likeness (QED) is 0.526. The molecule has 4 rings (SSSR count). The lowest BCUT2D eigenvalue weighted by Gasteiger charge is -2.37. The highest BCUT2D eigenvalue weighted by molar-refractivity contribution is 5.98. The fraction of sp³-hybridized carbons (Fsp3) is 0.346. The molecule has 8 heteroatoms. The summed E-state index contributed by atoms with van der Waals surface area (Å²) in [6.07, 6.45) is 0. The summed E-state index contributed by atoms with van der Waals surface area (Å²) in [5.74, 6) is -0.491. The minimum absolute atomic E-state index is 0.0314. The van der Waals surface area contributed by atoms with E-state index in [-0.39, 0.29) is 24.3 Å². The third-order valence-electron chi connectivity index (χ3n) is 6.46. The van der Waals surface area contributed by atoms with Crippen molar-refractivity contribution >= 4 is 34.3 Å². The first-order valence-electron chi connectivity index (χ1n) is 11.6. The number of aromatic nitrogens is 1. The zero-order valence-corrected chi connectivity index (χ0v) is 19.9. The van der Waals surface area contributed by atoms with E-state index in [1.54, 1.807) is 0 Å². The first kappa shape index (κ1) is 23.5. The summed E-state index contributed by atoms with van der Waals surface area (Å²) in [4.78, 5) is 44.9. The molecule has 3 aromatic rings. The molecule has 1 aliphatic heterocycles. The summed E-state index contributed by atoms with van der Waals surface area (Å²) in [5.41, 5.74) is 4.26. The van der Waals surface area contributed by atoms with Crippen molar-refractivity contribution in [2.45, 2.75) is 26.8 Å². The van der Waals surface area contributed by atoms with Crippen molar-refractivity contribution in [2.24, 2.45) is 0 Å². The summed E-state index contributed by atoms with van der Waals surface area (Å²) < 4.78 is 0. The Kier molecular flexibility index (Phi) is 6.98. The van der Waals surface area contributed by atoms with E-state index in [1.165, 1.54) is 0 Å². The van der Waals surface area contributed by atoms with Crippen LogP contribution in [0.5, 0.6) is 0 Å². The first-order chi connectivity index (χ1) is 16.3. The van der Waals surface area contributed by atoms with Crippen LogP contribution in [0.2, 0.25) is 0 Å². The number of aromatic amines is 1. The smallest absolute Gasteiger partial charge is 0.270 e. The third-order valence-corrected chi connectivity index (χ3v) is 6.46. The molecule has 1 aromatic heterocycles. The number of piperazine rings is 1. The van der Waals surface area contributed by atoms with Crippen molar-refractivity contribution in [3.8, 4) is 0 Å². The van der Waals surface area contributed by atoms with E-state index in [0.29, 0.717) is 31.9 Å². The van der Waals surface area contributed by atoms with Gasteiger partial charge in [0.2, 0.25) is 11.8 Å². The summed E-state index contributed by atoms with van der Waals surface area (Å²) in [7, 11) is 0. The molecule has 0 spiro atoms. The van der Waals surface area contributed by atoms with Crippen molar-refractivity contribution in [3.63, 3.8) is 0 Å². The number of anilines is 1. The van der Waals surface area contributed by atoms with Crippen molar-refractivity contribution in [1.29, 1.82) is 0 Å². The Labute approximate surface area is 199 Å². The average molecular weight is 462 g/mol. The predicted molar refractivity (Wildman–Crippen MR) is 133 cm³/mol. The molecule has 0 saturated carbocycles. The molecule has 1 aliphatic rings. The van der Waals surface area contributed by atoms with Gasteiger partial charge in [-0.15, -0.1) is 0 Å². The summed E-state index contributed by atoms with van der Waals surface area (Å²) in [5, 5.41) is 6.63. The Morgan fingerprint density at radius 2 is 1.65 bits per heavy atom. The van der Waals surface area contributed by atoms with Crippen LogP contribution in [0.15, 0.2) is 48.5 Å². The SMILES string of the molecule is Cc1cccc(C)c1NC(=O)CNC(=O)C(C)N1CCN(C(=O)c2cc3ccccc3[nH]2)CC1. The van der Waals surface area contributed by atoms with Crippen LogP contribution >= 0.6 is 0 Å². The molecular formula is C26H31N5O3. The maximum atomic E-state index is 12.9. The number of para-hydroxylation sites is 2. The van der Waals surface area contributed by atoms with Gasteiger partial charge in [-0.1, -0.05) is 36.4 Å². The second kappa shape index (κ2) is 10.1. The lowest BCUT2D eigenvalue weighted by molar-refractivity contribution is -0.128. The third kappa shape index (κ3) is 5.12. The summed E-state index contributed by atoms with van der Waals surface area (Å²) >= 11 is 0. The number of carbonyl (C=O) groups excluding carboxylic acids is 3. The molecule has 1 saturated heterocycles. The molecule has 0 bridgehead atoms. The lowest BCUT2D eigenvalue weighted by atomic mass is 10.1. The zero-order valence-electron chi connectivity index (χ0n) is 19.9. The largest absolute Gasteiger partial charge is 0.351 e. The molecule has 2 heterocycles. The molecule has 0 radical (unpaired) electrons. The van der Waals surface area contributed by atoms with Gasteiger partial charge in [-0.05, 0) is 44.0 Å². The van der Waals surface area contributed by atoms with Gasteiger partial charge in [0.05, 0.1) is 12.6 Å². The predicted octanol–water partition coefficient (Wildman–Crippen LogP) is 2.69. The molecule has 1 atom stereocenters. The van der Waals surface area contributed by atoms with Crippen molar-refractivity contribution < 1.29 is 14.4 Å². The van der Waals surface area contributed by atoms with Gasteiger partial charge in [-0.25, -0.2) is 0 Å². The highest BCUT2D eigenvalue weighted by atomic mass is 16.2. The first-order valence-corrected chi connectivity index (χ1v) is 11.6. The Bertz CT molecular complexity index is 1160. The second-order valence-corrected chi connectivity index (χ2v) is 8.81. The maximum absolute atomic E-state index is 12.9. The topological polar surface area (TPSA) is 97.5 Å². The number of hydrogen-bond donors (Lipinski definition) is 3. The van der Waals surface area contributed by atoms with E-state index >= 15 is 0 Å². The van der Waals surface area contributed by atoms with Gasteiger partial charge < -0.3 is 20.5 Å². The van der Waals surface area contributed by atoms with Crippen LogP contribution in [0.3, 0.4) is 0 Å². The molecular weight excluding hydrogens is 430 g/mol. The van der Waals surface area contributed by atoms with E-state index in [1.807, 2.05) is 79.1 Å². The second-order valence-electron chi connectivity index (χ2n) is 8.81. The molecule has 8 nitrogen and oxygen atoms in total. The van der Waals surface area contributed by atoms with Crippen molar-refractivity contribution in [3.05, 3.63) is 65.4 Å². The van der Waals surface area contributed by atoms with E-state index in [0.717, 1.165) is 27.7 Å². The van der Waals surface area contributed by atoms with Gasteiger partial charge >= 0.3 is 0 Å². The Morgan fingerprint density at radius 1 is 0.971 bits per heavy atom. The Balaban J connectivity index is 1.25. The molecule has 2 aromatic carbocycles. The minimum atomic E-state index is -0.390. The fourth-order valence-electron chi connectivity index (χ4n) is 4.35. The van der Waals surface area contributed by atoms with Gasteiger partial charge in [0.25, 0.3) is 5.91 Å². The van der Waals surface area contributed by atoms with Crippen LogP contribution in [0.25, 0.3) is 10.9 Å². The van der Waals surface area contributed by atoms with E-state index in [9.17, 15) is 14.4 Å². The van der Waals surface area contributed by atoms with Gasteiger partial charge in [-0.3, -0.25) is 19.3 Å².